The number of hydrogen-bond donors (Lipinski definition) is 1. The maximum atomic E-state index is 13.7. The van der Waals surface area contributed by atoms with Crippen LogP contribution in [0.1, 0.15) is 58.3 Å². The van der Waals surface area contributed by atoms with E-state index in [1.54, 1.807) is 0 Å². The van der Waals surface area contributed by atoms with E-state index in [1.807, 2.05) is 12.2 Å². The first-order chi connectivity index (χ1) is 15.5. The van der Waals surface area contributed by atoms with E-state index >= 15 is 0 Å². The molecule has 0 saturated carbocycles. The van der Waals surface area contributed by atoms with Crippen molar-refractivity contribution >= 4 is 5.91 Å². The molecule has 0 aromatic carbocycles. The number of nitrogens with one attached hydrogen (secondary N) is 1. The molecule has 0 unspecified atom stereocenters. The predicted octanol–water partition coefficient (Wildman–Crippen LogP) is 7.62. The zero-order chi connectivity index (χ0) is 28.1. The Hall–Kier alpha value is -1.58. The van der Waals surface area contributed by atoms with Crippen molar-refractivity contribution in [3.05, 3.63) is 0 Å². The monoisotopic (exact) mass is 553 g/mol. The third kappa shape index (κ3) is 6.60. The average molecular weight is 553 g/mol. The molecule has 0 spiro atoms. The summed E-state index contributed by atoms with van der Waals surface area (Å²) in [6.45, 7) is 1.04. The fourth-order valence-corrected chi connectivity index (χ4v) is 2.67. The maximum Gasteiger partial charge on any atom is 0.460 e. The van der Waals surface area contributed by atoms with E-state index in [2.05, 4.69) is 0 Å². The number of carbonyl (C=O) groups excluding carboxylic acids is 1. The summed E-state index contributed by atoms with van der Waals surface area (Å²) >= 11 is 0. The predicted molar refractivity (Wildman–Crippen MR) is 91.4 cm³/mol. The molecule has 0 radical (unpaired) electrons. The molecule has 210 valence electrons. The van der Waals surface area contributed by atoms with Crippen LogP contribution in [-0.4, -0.2) is 54.2 Å². The van der Waals surface area contributed by atoms with Crippen LogP contribution >= 0.6 is 0 Å². The second kappa shape index (κ2) is 11.2. The van der Waals surface area contributed by atoms with E-state index in [0.717, 1.165) is 19.3 Å². The van der Waals surface area contributed by atoms with Crippen LogP contribution < -0.4 is 5.32 Å². The van der Waals surface area contributed by atoms with Crippen molar-refractivity contribution in [2.45, 2.75) is 100 Å². The standard InChI is InChI=1S/C18H22F15NO/c1-2-3-4-5-6-8-11(35)34-10-7-9-12(19,20)13(21,22)14(23,24)15(25,26)16(27,28)17(29,30)18(31,32)33/h2-10H2,1H3,(H,34,35). The number of unbranched alkanes of at least 4 members (excludes halogenated alkanes) is 4. The van der Waals surface area contributed by atoms with Gasteiger partial charge in [0.2, 0.25) is 5.91 Å². The molecular weight excluding hydrogens is 531 g/mol. The van der Waals surface area contributed by atoms with Crippen molar-refractivity contribution in [3.8, 4) is 0 Å². The molecule has 0 saturated heterocycles. The number of rotatable bonds is 15. The topological polar surface area (TPSA) is 29.1 Å². The molecule has 1 N–H and O–H groups in total. The molecular formula is C18H22F15NO. The van der Waals surface area contributed by atoms with Gasteiger partial charge in [0, 0.05) is 19.4 Å². The Morgan fingerprint density at radius 3 is 1.46 bits per heavy atom. The van der Waals surface area contributed by atoms with Crippen molar-refractivity contribution in [3.63, 3.8) is 0 Å². The van der Waals surface area contributed by atoms with Crippen LogP contribution in [0.25, 0.3) is 0 Å². The van der Waals surface area contributed by atoms with Crippen LogP contribution in [-0.2, 0) is 4.79 Å². The highest BCUT2D eigenvalue weighted by atomic mass is 19.4. The summed E-state index contributed by atoms with van der Waals surface area (Å²) in [4.78, 5) is 11.5. The second-order valence-electron chi connectivity index (χ2n) is 7.69. The molecule has 0 aliphatic heterocycles. The summed E-state index contributed by atoms with van der Waals surface area (Å²) in [7, 11) is 0. The van der Waals surface area contributed by atoms with Crippen LogP contribution in [0.3, 0.4) is 0 Å². The van der Waals surface area contributed by atoms with Crippen LogP contribution in [0, 0.1) is 0 Å². The molecule has 2 nitrogen and oxygen atoms in total. The molecule has 0 aliphatic rings. The second-order valence-corrected chi connectivity index (χ2v) is 7.69. The van der Waals surface area contributed by atoms with Crippen molar-refractivity contribution in [1.82, 2.24) is 5.32 Å². The van der Waals surface area contributed by atoms with E-state index < -0.39 is 67.0 Å². The molecule has 0 aromatic rings. The van der Waals surface area contributed by atoms with Gasteiger partial charge >= 0.3 is 41.7 Å². The minimum atomic E-state index is -8.28. The largest absolute Gasteiger partial charge is 0.460 e. The lowest BCUT2D eigenvalue weighted by molar-refractivity contribution is -0.452. The van der Waals surface area contributed by atoms with Gasteiger partial charge in [-0.2, -0.15) is 65.9 Å². The first kappa shape index (κ1) is 33.4. The van der Waals surface area contributed by atoms with Gasteiger partial charge in [0.15, 0.2) is 0 Å². The van der Waals surface area contributed by atoms with Crippen LogP contribution in [0.15, 0.2) is 0 Å². The van der Waals surface area contributed by atoms with E-state index in [-0.39, 0.29) is 6.42 Å². The number of carbonyl (C=O) groups is 1. The van der Waals surface area contributed by atoms with Gasteiger partial charge in [0.05, 0.1) is 0 Å². The van der Waals surface area contributed by atoms with Gasteiger partial charge in [-0.25, -0.2) is 0 Å². The lowest BCUT2D eigenvalue weighted by Crippen LogP contribution is -2.72. The fourth-order valence-electron chi connectivity index (χ4n) is 2.67. The van der Waals surface area contributed by atoms with E-state index in [1.165, 1.54) is 0 Å². The van der Waals surface area contributed by atoms with E-state index in [4.69, 9.17) is 0 Å². The zero-order valence-corrected chi connectivity index (χ0v) is 17.9. The van der Waals surface area contributed by atoms with Crippen LogP contribution in [0.4, 0.5) is 65.9 Å². The average Bonchev–Trinajstić information content (AvgIpc) is 2.69. The Kier molecular flexibility index (Phi) is 10.7. The number of alkyl halides is 15. The minimum Gasteiger partial charge on any atom is -0.356 e. The normalized spacial score (nSPS) is 14.9. The minimum absolute atomic E-state index is 0.122. The molecule has 0 fully saturated rings. The first-order valence-corrected chi connectivity index (χ1v) is 10.1. The van der Waals surface area contributed by atoms with Crippen molar-refractivity contribution in [2.75, 3.05) is 6.54 Å². The Morgan fingerprint density at radius 2 is 1.00 bits per heavy atom. The first-order valence-electron chi connectivity index (χ1n) is 10.1. The fraction of sp³-hybridized carbons (Fsp3) is 0.944. The Morgan fingerprint density at radius 1 is 0.571 bits per heavy atom. The summed E-state index contributed by atoms with van der Waals surface area (Å²) in [6.07, 6.45) is -7.97. The molecule has 17 heteroatoms. The summed E-state index contributed by atoms with van der Waals surface area (Å²) in [5, 5.41) is 1.93. The van der Waals surface area contributed by atoms with Crippen molar-refractivity contribution in [2.24, 2.45) is 0 Å². The summed E-state index contributed by atoms with van der Waals surface area (Å²) in [5.41, 5.74) is 0. The van der Waals surface area contributed by atoms with Gasteiger partial charge in [-0.1, -0.05) is 32.6 Å². The lowest BCUT2D eigenvalue weighted by Gasteiger charge is -2.41. The summed E-state index contributed by atoms with van der Waals surface area (Å²) in [5.74, 6) is -47.1. The summed E-state index contributed by atoms with van der Waals surface area (Å²) < 4.78 is 196. The quantitative estimate of drug-likeness (QED) is 0.164. The highest BCUT2D eigenvalue weighted by Gasteiger charge is 2.93. The van der Waals surface area contributed by atoms with Gasteiger partial charge in [0.25, 0.3) is 0 Å². The van der Waals surface area contributed by atoms with Crippen molar-refractivity contribution in [1.29, 1.82) is 0 Å². The molecule has 0 atom stereocenters. The molecule has 1 amide bonds. The van der Waals surface area contributed by atoms with Crippen LogP contribution in [0.5, 0.6) is 0 Å². The van der Waals surface area contributed by atoms with Gasteiger partial charge in [-0.05, 0) is 12.8 Å². The maximum absolute atomic E-state index is 13.7. The van der Waals surface area contributed by atoms with Gasteiger partial charge < -0.3 is 5.32 Å². The Labute approximate surface area is 189 Å². The smallest absolute Gasteiger partial charge is 0.356 e. The number of amides is 1. The third-order valence-corrected chi connectivity index (χ3v) is 4.89. The lowest BCUT2D eigenvalue weighted by atomic mass is 9.89. The van der Waals surface area contributed by atoms with E-state index in [0.29, 0.717) is 12.8 Å². The Bertz CT molecular complexity index is 688. The molecule has 0 heterocycles. The molecule has 0 aliphatic carbocycles. The molecule has 0 rings (SSSR count). The number of hydrogen-bond acceptors (Lipinski definition) is 1. The van der Waals surface area contributed by atoms with Gasteiger partial charge in [-0.15, -0.1) is 0 Å². The van der Waals surface area contributed by atoms with Crippen molar-refractivity contribution < 1.29 is 70.7 Å². The highest BCUT2D eigenvalue weighted by Crippen LogP contribution is 2.62. The SMILES string of the molecule is CCCCCCCC(=O)NCCCC(F)(F)C(F)(F)C(F)(F)C(F)(F)C(F)(F)C(F)(F)C(F)(F)F. The van der Waals surface area contributed by atoms with Crippen LogP contribution in [0.2, 0.25) is 0 Å². The summed E-state index contributed by atoms with van der Waals surface area (Å²) in [6, 6.07) is 0. The molecule has 0 aromatic heterocycles. The zero-order valence-electron chi connectivity index (χ0n) is 17.9. The van der Waals surface area contributed by atoms with Gasteiger partial charge in [0.1, 0.15) is 0 Å². The molecule has 35 heavy (non-hydrogen) atoms. The number of halogens is 15. The highest BCUT2D eigenvalue weighted by molar-refractivity contribution is 5.75. The third-order valence-electron chi connectivity index (χ3n) is 4.89. The molecule has 0 bridgehead atoms. The van der Waals surface area contributed by atoms with Gasteiger partial charge in [-0.3, -0.25) is 4.79 Å². The van der Waals surface area contributed by atoms with E-state index in [9.17, 15) is 70.7 Å². The Balaban J connectivity index is 5.40.